The summed E-state index contributed by atoms with van der Waals surface area (Å²) in [6.07, 6.45) is 1.63. The van der Waals surface area contributed by atoms with Crippen LogP contribution in [0.3, 0.4) is 0 Å². The average molecular weight is 509 g/mol. The highest BCUT2D eigenvalue weighted by atomic mass is 35.5. The molecule has 6 rings (SSSR count). The van der Waals surface area contributed by atoms with Gasteiger partial charge in [0.2, 0.25) is 5.71 Å². The second kappa shape index (κ2) is 9.37. The van der Waals surface area contributed by atoms with Gasteiger partial charge in [0.25, 0.3) is 0 Å². The van der Waals surface area contributed by atoms with E-state index in [1.807, 2.05) is 67.6 Å². The van der Waals surface area contributed by atoms with Gasteiger partial charge in [-0.3, -0.25) is 0 Å². The topological polar surface area (TPSA) is 65.5 Å². The van der Waals surface area contributed by atoms with Crippen LogP contribution in [-0.2, 0) is 6.61 Å². The predicted octanol–water partition coefficient (Wildman–Crippen LogP) is 7.87. The minimum absolute atomic E-state index is 0.216. The van der Waals surface area contributed by atoms with E-state index in [-0.39, 0.29) is 12.5 Å². The second-order valence-electron chi connectivity index (χ2n) is 9.34. The number of hydrogen-bond donors (Lipinski definition) is 0. The van der Waals surface area contributed by atoms with Gasteiger partial charge in [-0.15, -0.1) is 5.10 Å². The van der Waals surface area contributed by atoms with Crippen molar-refractivity contribution >= 4 is 28.3 Å². The van der Waals surface area contributed by atoms with Crippen LogP contribution in [-0.4, -0.2) is 19.6 Å². The third kappa shape index (κ3) is 4.23. The highest BCUT2D eigenvalue weighted by Crippen LogP contribution is 2.41. The van der Waals surface area contributed by atoms with Crippen LogP contribution in [0, 0.1) is 6.92 Å². The van der Waals surface area contributed by atoms with Gasteiger partial charge in [0.15, 0.2) is 11.5 Å². The molecule has 184 valence electrons. The van der Waals surface area contributed by atoms with Crippen molar-refractivity contribution in [3.05, 3.63) is 101 Å². The molecule has 0 saturated carbocycles. The SMILES string of the molecule is Cc1cc(OCc2nc3c4c(-c5ccccc5)c(-c5ccccc5)oc4ncn3n2)c(C(C)C)cc1Cl. The monoisotopic (exact) mass is 508 g/mol. The summed E-state index contributed by atoms with van der Waals surface area (Å²) in [5, 5.41) is 6.21. The van der Waals surface area contributed by atoms with Crippen LogP contribution in [0.1, 0.15) is 36.7 Å². The number of aromatic nitrogens is 4. The third-order valence-corrected chi connectivity index (χ3v) is 6.85. The third-order valence-electron chi connectivity index (χ3n) is 6.44. The molecule has 0 spiro atoms. The van der Waals surface area contributed by atoms with Crippen molar-refractivity contribution in [1.82, 2.24) is 19.6 Å². The molecule has 0 amide bonds. The van der Waals surface area contributed by atoms with Crippen LogP contribution in [0.15, 0.2) is 83.5 Å². The summed E-state index contributed by atoms with van der Waals surface area (Å²) in [6.45, 7) is 6.43. The van der Waals surface area contributed by atoms with E-state index < -0.39 is 0 Å². The fourth-order valence-corrected chi connectivity index (χ4v) is 4.74. The Hall–Kier alpha value is -4.16. The molecule has 0 saturated heterocycles. The van der Waals surface area contributed by atoms with Crippen LogP contribution in [0.4, 0.5) is 0 Å². The Morgan fingerprint density at radius 3 is 2.38 bits per heavy atom. The Labute approximate surface area is 219 Å². The van der Waals surface area contributed by atoms with Gasteiger partial charge in [-0.25, -0.2) is 14.5 Å². The fraction of sp³-hybridized carbons (Fsp3) is 0.167. The average Bonchev–Trinajstić information content (AvgIpc) is 3.51. The number of furan rings is 1. The van der Waals surface area contributed by atoms with Crippen molar-refractivity contribution in [2.75, 3.05) is 0 Å². The lowest BCUT2D eigenvalue weighted by Crippen LogP contribution is -2.02. The van der Waals surface area contributed by atoms with Crippen LogP contribution >= 0.6 is 11.6 Å². The van der Waals surface area contributed by atoms with E-state index in [0.29, 0.717) is 17.2 Å². The summed E-state index contributed by atoms with van der Waals surface area (Å²) >= 11 is 6.37. The van der Waals surface area contributed by atoms with Gasteiger partial charge in [-0.1, -0.05) is 86.1 Å². The summed E-state index contributed by atoms with van der Waals surface area (Å²) in [7, 11) is 0. The quantitative estimate of drug-likeness (QED) is 0.229. The van der Waals surface area contributed by atoms with Gasteiger partial charge >= 0.3 is 0 Å². The lowest BCUT2D eigenvalue weighted by molar-refractivity contribution is 0.292. The standard InChI is InChI=1S/C30H25ClN4O2/c1-18(2)22-15-23(31)19(3)14-24(22)36-16-25-33-29-27-26(20-10-6-4-7-11-20)28(21-12-8-5-9-13-21)37-30(27)32-17-35(29)34-25/h4-15,17-18H,16H2,1-3H3. The molecule has 0 fully saturated rings. The Balaban J connectivity index is 1.46. The van der Waals surface area contributed by atoms with Crippen LogP contribution in [0.2, 0.25) is 5.02 Å². The van der Waals surface area contributed by atoms with Crippen molar-refractivity contribution in [1.29, 1.82) is 0 Å². The molecule has 3 heterocycles. The van der Waals surface area contributed by atoms with Crippen molar-refractivity contribution < 1.29 is 9.15 Å². The highest BCUT2D eigenvalue weighted by Gasteiger charge is 2.23. The molecule has 6 nitrogen and oxygen atoms in total. The molecule has 0 unspecified atom stereocenters. The number of rotatable bonds is 6. The second-order valence-corrected chi connectivity index (χ2v) is 9.75. The number of aryl methyl sites for hydroxylation is 1. The molecule has 6 aromatic rings. The van der Waals surface area contributed by atoms with Gasteiger partial charge in [-0.05, 0) is 41.7 Å². The molecule has 0 radical (unpaired) electrons. The zero-order valence-electron chi connectivity index (χ0n) is 20.8. The molecular weight excluding hydrogens is 484 g/mol. The number of ether oxygens (including phenoxy) is 1. The maximum atomic E-state index is 6.37. The Bertz CT molecular complexity index is 1720. The molecule has 0 atom stereocenters. The lowest BCUT2D eigenvalue weighted by atomic mass is 9.99. The fourth-order valence-electron chi connectivity index (χ4n) is 4.57. The first-order valence-corrected chi connectivity index (χ1v) is 12.6. The van der Waals surface area contributed by atoms with E-state index in [0.717, 1.165) is 49.7 Å². The number of benzene rings is 3. The molecule has 7 heteroatoms. The Morgan fingerprint density at radius 2 is 1.68 bits per heavy atom. The Kier molecular flexibility index (Phi) is 5.89. The lowest BCUT2D eigenvalue weighted by Gasteiger charge is -2.15. The summed E-state index contributed by atoms with van der Waals surface area (Å²) in [5.74, 6) is 2.36. The van der Waals surface area contributed by atoms with Crippen LogP contribution in [0.25, 0.3) is 39.2 Å². The molecule has 3 aromatic carbocycles. The van der Waals surface area contributed by atoms with Crippen molar-refractivity contribution in [2.45, 2.75) is 33.3 Å². The van der Waals surface area contributed by atoms with E-state index in [2.05, 4.69) is 36.1 Å². The molecule has 3 aromatic heterocycles. The van der Waals surface area contributed by atoms with Crippen molar-refractivity contribution in [3.63, 3.8) is 0 Å². The van der Waals surface area contributed by atoms with Crippen molar-refractivity contribution in [2.24, 2.45) is 0 Å². The zero-order valence-corrected chi connectivity index (χ0v) is 21.5. The van der Waals surface area contributed by atoms with Crippen LogP contribution < -0.4 is 4.74 Å². The van der Waals surface area contributed by atoms with Gasteiger partial charge in [0, 0.05) is 16.1 Å². The summed E-state index contributed by atoms with van der Waals surface area (Å²) in [6, 6.07) is 24.2. The summed E-state index contributed by atoms with van der Waals surface area (Å²) < 4.78 is 14.2. The molecule has 0 N–H and O–H groups in total. The predicted molar refractivity (Wildman–Crippen MR) is 146 cm³/mol. The summed E-state index contributed by atoms with van der Waals surface area (Å²) in [5.41, 5.74) is 6.14. The largest absolute Gasteiger partial charge is 0.485 e. The first-order chi connectivity index (χ1) is 18.0. The maximum Gasteiger partial charge on any atom is 0.232 e. The zero-order chi connectivity index (χ0) is 25.5. The van der Waals surface area contributed by atoms with Gasteiger partial charge in [0.1, 0.15) is 24.4 Å². The normalized spacial score (nSPS) is 11.6. The van der Waals surface area contributed by atoms with E-state index in [1.165, 1.54) is 0 Å². The maximum absolute atomic E-state index is 6.37. The minimum Gasteiger partial charge on any atom is -0.485 e. The summed E-state index contributed by atoms with van der Waals surface area (Å²) in [4.78, 5) is 9.43. The van der Waals surface area contributed by atoms with E-state index >= 15 is 0 Å². The smallest absolute Gasteiger partial charge is 0.232 e. The number of halogens is 1. The highest BCUT2D eigenvalue weighted by molar-refractivity contribution is 6.31. The van der Waals surface area contributed by atoms with Gasteiger partial charge in [0.05, 0.1) is 5.39 Å². The molecule has 0 aliphatic heterocycles. The molecular formula is C30H25ClN4O2. The first-order valence-electron chi connectivity index (χ1n) is 12.2. The van der Waals surface area contributed by atoms with E-state index in [9.17, 15) is 0 Å². The Morgan fingerprint density at radius 1 is 0.973 bits per heavy atom. The van der Waals surface area contributed by atoms with E-state index in [4.69, 9.17) is 25.7 Å². The van der Waals surface area contributed by atoms with Crippen molar-refractivity contribution in [3.8, 4) is 28.2 Å². The minimum atomic E-state index is 0.216. The molecule has 37 heavy (non-hydrogen) atoms. The van der Waals surface area contributed by atoms with Gasteiger partial charge in [-0.2, -0.15) is 0 Å². The number of nitrogens with zero attached hydrogens (tertiary/aromatic N) is 4. The molecule has 0 aliphatic carbocycles. The van der Waals surface area contributed by atoms with Gasteiger partial charge < -0.3 is 9.15 Å². The number of hydrogen-bond acceptors (Lipinski definition) is 5. The first kappa shape index (κ1) is 23.3. The van der Waals surface area contributed by atoms with Crippen LogP contribution in [0.5, 0.6) is 5.75 Å². The number of fused-ring (bicyclic) bond motifs is 3. The molecule has 0 aliphatic rings. The van der Waals surface area contributed by atoms with E-state index in [1.54, 1.807) is 10.8 Å². The molecule has 0 bridgehead atoms.